The third-order valence-electron chi connectivity index (χ3n) is 4.18. The fraction of sp³-hybridized carbons (Fsp3) is 1.00. The molecule has 10 atom stereocenters. The number of aliphatic hydroxyl groups excluding tert-OH is 8. The van der Waals surface area contributed by atoms with Gasteiger partial charge in [0.05, 0.1) is 13.2 Å². The number of ether oxygens (including phenoxy) is 2. The molecule has 0 saturated carbocycles. The van der Waals surface area contributed by atoms with E-state index in [0.29, 0.717) is 0 Å². The van der Waals surface area contributed by atoms with Gasteiger partial charge in [-0.1, -0.05) is 0 Å². The number of aliphatic hydroxyl groups is 8. The average molecular weight is 326 g/mol. The predicted molar refractivity (Wildman–Crippen MR) is 67.5 cm³/mol. The van der Waals surface area contributed by atoms with E-state index in [-0.39, 0.29) is 0 Å². The van der Waals surface area contributed by atoms with Gasteiger partial charge in [-0.05, 0) is 0 Å². The van der Waals surface area contributed by atoms with E-state index in [1.54, 1.807) is 0 Å². The molecule has 2 heterocycles. The highest BCUT2D eigenvalue weighted by Gasteiger charge is 2.53. The summed E-state index contributed by atoms with van der Waals surface area (Å²) in [5.41, 5.74) is 0. The smallest absolute Gasteiger partial charge is 0.115 e. The molecule has 10 heteroatoms. The van der Waals surface area contributed by atoms with Crippen molar-refractivity contribution in [1.29, 1.82) is 0 Å². The van der Waals surface area contributed by atoms with Crippen molar-refractivity contribution < 1.29 is 50.3 Å². The van der Waals surface area contributed by atoms with E-state index in [1.165, 1.54) is 0 Å². The van der Waals surface area contributed by atoms with Crippen LogP contribution in [0.2, 0.25) is 0 Å². The van der Waals surface area contributed by atoms with Crippen LogP contribution in [0.4, 0.5) is 0 Å². The van der Waals surface area contributed by atoms with Crippen molar-refractivity contribution in [2.75, 3.05) is 13.2 Å². The first-order chi connectivity index (χ1) is 10.3. The molecule has 0 spiro atoms. The van der Waals surface area contributed by atoms with Crippen LogP contribution in [0.1, 0.15) is 0 Å². The normalized spacial score (nSPS) is 53.5. The summed E-state index contributed by atoms with van der Waals surface area (Å²) in [6, 6.07) is 0. The summed E-state index contributed by atoms with van der Waals surface area (Å²) in [4.78, 5) is 0. The molecule has 0 radical (unpaired) electrons. The molecule has 8 N–H and O–H groups in total. The second kappa shape index (κ2) is 7.01. The maximum atomic E-state index is 9.99. The molecule has 2 rings (SSSR count). The minimum absolute atomic E-state index is 0.654. The summed E-state index contributed by atoms with van der Waals surface area (Å²) >= 11 is 0. The Labute approximate surface area is 125 Å². The molecular weight excluding hydrogens is 304 g/mol. The highest BCUT2D eigenvalue weighted by molar-refractivity contribution is 5.02. The monoisotopic (exact) mass is 326 g/mol. The van der Waals surface area contributed by atoms with Crippen LogP contribution in [-0.2, 0) is 9.47 Å². The lowest BCUT2D eigenvalue weighted by molar-refractivity contribution is -0.302. The zero-order chi connectivity index (χ0) is 16.6. The molecule has 130 valence electrons. The zero-order valence-electron chi connectivity index (χ0n) is 11.6. The van der Waals surface area contributed by atoms with E-state index in [0.717, 1.165) is 0 Å². The summed E-state index contributed by atoms with van der Waals surface area (Å²) in [6.45, 7) is -1.31. The van der Waals surface area contributed by atoms with E-state index in [9.17, 15) is 30.6 Å². The second-order valence-corrected chi connectivity index (χ2v) is 5.59. The molecule has 2 unspecified atom stereocenters. The quantitative estimate of drug-likeness (QED) is 0.249. The average Bonchev–Trinajstić information content (AvgIpc) is 2.52. The standard InChI is InChI=1S/C12H22O10/c13-1-3-5(15)7(17)9(19)11(21-3)12-10(20)8(18)6(16)4(2-14)22-12/h3-20H,1-2H2/t3-,4-,5-,6-,7+,8+,9+,10+,11?,12?/m1/s1. The molecule has 2 aliphatic rings. The first-order valence-corrected chi connectivity index (χ1v) is 6.94. The van der Waals surface area contributed by atoms with Crippen LogP contribution in [0.25, 0.3) is 0 Å². The Morgan fingerprint density at radius 2 is 0.818 bits per heavy atom. The van der Waals surface area contributed by atoms with Crippen LogP contribution in [-0.4, -0.2) is 115 Å². The van der Waals surface area contributed by atoms with Gasteiger partial charge in [-0.25, -0.2) is 0 Å². The van der Waals surface area contributed by atoms with E-state index < -0.39 is 74.3 Å². The van der Waals surface area contributed by atoms with Gasteiger partial charge >= 0.3 is 0 Å². The summed E-state index contributed by atoms with van der Waals surface area (Å²) in [6.07, 6.45) is -15.0. The Morgan fingerprint density at radius 3 is 1.09 bits per heavy atom. The van der Waals surface area contributed by atoms with Crippen molar-refractivity contribution >= 4 is 0 Å². The lowest BCUT2D eigenvalue weighted by atomic mass is 9.86. The Hall–Kier alpha value is -0.400. The number of hydrogen-bond acceptors (Lipinski definition) is 10. The highest BCUT2D eigenvalue weighted by atomic mass is 16.6. The molecule has 0 aromatic rings. The fourth-order valence-electron chi connectivity index (χ4n) is 2.80. The van der Waals surface area contributed by atoms with Crippen LogP contribution in [0.5, 0.6) is 0 Å². The van der Waals surface area contributed by atoms with Gasteiger partial charge in [-0.3, -0.25) is 0 Å². The van der Waals surface area contributed by atoms with Gasteiger partial charge in [0, 0.05) is 0 Å². The summed E-state index contributed by atoms with van der Waals surface area (Å²) in [5.74, 6) is 0. The highest BCUT2D eigenvalue weighted by Crippen LogP contribution is 2.31. The lowest BCUT2D eigenvalue weighted by Gasteiger charge is -2.48. The van der Waals surface area contributed by atoms with Crippen LogP contribution < -0.4 is 0 Å². The summed E-state index contributed by atoms with van der Waals surface area (Å²) in [5, 5.41) is 77.1. The van der Waals surface area contributed by atoms with Gasteiger partial charge in [0.25, 0.3) is 0 Å². The molecular formula is C12H22O10. The van der Waals surface area contributed by atoms with Gasteiger partial charge in [-0.15, -0.1) is 0 Å². The first-order valence-electron chi connectivity index (χ1n) is 6.94. The van der Waals surface area contributed by atoms with Gasteiger partial charge in [0.15, 0.2) is 0 Å². The van der Waals surface area contributed by atoms with Crippen molar-refractivity contribution in [2.45, 2.75) is 61.0 Å². The van der Waals surface area contributed by atoms with Crippen molar-refractivity contribution in [3.05, 3.63) is 0 Å². The van der Waals surface area contributed by atoms with Crippen molar-refractivity contribution in [1.82, 2.24) is 0 Å². The Balaban J connectivity index is 2.21. The molecule has 0 aromatic heterocycles. The van der Waals surface area contributed by atoms with Crippen LogP contribution in [0.15, 0.2) is 0 Å². The topological polar surface area (TPSA) is 180 Å². The molecule has 2 aliphatic heterocycles. The molecule has 10 nitrogen and oxygen atoms in total. The van der Waals surface area contributed by atoms with E-state index in [4.69, 9.17) is 19.7 Å². The van der Waals surface area contributed by atoms with Gasteiger partial charge < -0.3 is 50.3 Å². The Morgan fingerprint density at radius 1 is 0.500 bits per heavy atom. The molecule has 0 aromatic carbocycles. The molecule has 0 bridgehead atoms. The second-order valence-electron chi connectivity index (χ2n) is 5.59. The van der Waals surface area contributed by atoms with Crippen LogP contribution in [0, 0.1) is 0 Å². The molecule has 22 heavy (non-hydrogen) atoms. The van der Waals surface area contributed by atoms with Crippen molar-refractivity contribution in [2.24, 2.45) is 0 Å². The third-order valence-corrected chi connectivity index (χ3v) is 4.18. The molecule has 2 fully saturated rings. The third kappa shape index (κ3) is 2.99. The van der Waals surface area contributed by atoms with Crippen LogP contribution in [0.3, 0.4) is 0 Å². The van der Waals surface area contributed by atoms with E-state index in [1.807, 2.05) is 0 Å². The first kappa shape index (κ1) is 17.9. The van der Waals surface area contributed by atoms with Crippen molar-refractivity contribution in [3.8, 4) is 0 Å². The minimum Gasteiger partial charge on any atom is -0.394 e. The maximum Gasteiger partial charge on any atom is 0.115 e. The molecule has 2 saturated heterocycles. The summed E-state index contributed by atoms with van der Waals surface area (Å²) < 4.78 is 10.5. The fourth-order valence-corrected chi connectivity index (χ4v) is 2.80. The Bertz CT molecular complexity index is 330. The van der Waals surface area contributed by atoms with Crippen LogP contribution >= 0.6 is 0 Å². The van der Waals surface area contributed by atoms with E-state index in [2.05, 4.69) is 0 Å². The minimum atomic E-state index is -1.67. The molecule has 0 amide bonds. The predicted octanol–water partition coefficient (Wildman–Crippen LogP) is -5.33. The number of rotatable bonds is 3. The Kier molecular flexibility index (Phi) is 5.72. The van der Waals surface area contributed by atoms with Gasteiger partial charge in [-0.2, -0.15) is 0 Å². The largest absolute Gasteiger partial charge is 0.394 e. The molecule has 0 aliphatic carbocycles. The maximum absolute atomic E-state index is 9.99. The van der Waals surface area contributed by atoms with Gasteiger partial charge in [0.1, 0.15) is 61.0 Å². The van der Waals surface area contributed by atoms with Gasteiger partial charge in [0.2, 0.25) is 0 Å². The van der Waals surface area contributed by atoms with Crippen molar-refractivity contribution in [3.63, 3.8) is 0 Å². The lowest BCUT2D eigenvalue weighted by Crippen LogP contribution is -2.68. The van der Waals surface area contributed by atoms with E-state index >= 15 is 0 Å². The SMILES string of the molecule is OC[C@H]1OC(C2O[C@H](CO)[C@@H](O)[C@H](O)[C@@H]2O)[C@@H](O)[C@@H](O)[C@@H]1O. The summed E-state index contributed by atoms with van der Waals surface area (Å²) in [7, 11) is 0. The number of hydrogen-bond donors (Lipinski definition) is 8. The zero-order valence-corrected chi connectivity index (χ0v) is 11.6.